The summed E-state index contributed by atoms with van der Waals surface area (Å²) in [5, 5.41) is 0. The van der Waals surface area contributed by atoms with E-state index in [0.717, 1.165) is 30.6 Å². The molecule has 0 aliphatic rings. The van der Waals surface area contributed by atoms with E-state index in [9.17, 15) is 0 Å². The molecule has 2 aromatic rings. The monoisotopic (exact) mass is 240 g/mol. The van der Waals surface area contributed by atoms with Gasteiger partial charge >= 0.3 is 0 Å². The lowest BCUT2D eigenvalue weighted by Gasteiger charge is -2.13. The number of benzene rings is 2. The maximum absolute atomic E-state index is 6.07. The van der Waals surface area contributed by atoms with Crippen LogP contribution in [0.5, 0.6) is 0 Å². The molecule has 0 aromatic heterocycles. The van der Waals surface area contributed by atoms with Crippen LogP contribution in [0.4, 0.5) is 11.4 Å². The standard InChI is InChI=1S/C16H20N2/c1-2-6-14-12(8-5-10-16(14)18)11-13-7-3-4-9-15(13)17/h3-5,7-10H,2,6,11,17-18H2,1H3. The molecule has 0 saturated heterocycles. The third-order valence-electron chi connectivity index (χ3n) is 3.25. The Balaban J connectivity index is 2.34. The molecule has 0 atom stereocenters. The van der Waals surface area contributed by atoms with Crippen molar-refractivity contribution in [1.29, 1.82) is 0 Å². The predicted octanol–water partition coefficient (Wildman–Crippen LogP) is 3.39. The molecule has 94 valence electrons. The lowest BCUT2D eigenvalue weighted by molar-refractivity contribution is 0.907. The zero-order valence-corrected chi connectivity index (χ0v) is 10.8. The second-order valence-corrected chi connectivity index (χ2v) is 4.61. The van der Waals surface area contributed by atoms with Crippen molar-refractivity contribution in [3.8, 4) is 0 Å². The van der Waals surface area contributed by atoms with Crippen molar-refractivity contribution in [3.05, 3.63) is 59.2 Å². The first kappa shape index (κ1) is 12.5. The van der Waals surface area contributed by atoms with Gasteiger partial charge in [-0.3, -0.25) is 0 Å². The molecule has 4 N–H and O–H groups in total. The fourth-order valence-corrected chi connectivity index (χ4v) is 2.28. The molecule has 0 unspecified atom stereocenters. The lowest BCUT2D eigenvalue weighted by Crippen LogP contribution is -2.02. The number of hydrogen-bond acceptors (Lipinski definition) is 2. The normalized spacial score (nSPS) is 10.5. The number of rotatable bonds is 4. The summed E-state index contributed by atoms with van der Waals surface area (Å²) in [6, 6.07) is 14.2. The minimum Gasteiger partial charge on any atom is -0.398 e. The molecule has 0 heterocycles. The molecule has 0 amide bonds. The van der Waals surface area contributed by atoms with E-state index < -0.39 is 0 Å². The molecule has 0 fully saturated rings. The van der Waals surface area contributed by atoms with Gasteiger partial charge in [-0.25, -0.2) is 0 Å². The van der Waals surface area contributed by atoms with Crippen LogP contribution in [0.2, 0.25) is 0 Å². The van der Waals surface area contributed by atoms with Gasteiger partial charge in [-0.2, -0.15) is 0 Å². The Hall–Kier alpha value is -1.96. The average molecular weight is 240 g/mol. The van der Waals surface area contributed by atoms with E-state index in [1.807, 2.05) is 30.3 Å². The highest BCUT2D eigenvalue weighted by Gasteiger charge is 2.07. The van der Waals surface area contributed by atoms with Crippen LogP contribution in [-0.2, 0) is 12.8 Å². The SMILES string of the molecule is CCCc1c(N)cccc1Cc1ccccc1N. The van der Waals surface area contributed by atoms with Crippen molar-refractivity contribution >= 4 is 11.4 Å². The first-order valence-electron chi connectivity index (χ1n) is 6.42. The Kier molecular flexibility index (Phi) is 3.88. The van der Waals surface area contributed by atoms with Crippen LogP contribution in [0.25, 0.3) is 0 Å². The molecule has 2 heteroatoms. The quantitative estimate of drug-likeness (QED) is 0.805. The smallest absolute Gasteiger partial charge is 0.0349 e. The Morgan fingerprint density at radius 2 is 1.50 bits per heavy atom. The second kappa shape index (κ2) is 5.58. The van der Waals surface area contributed by atoms with Gasteiger partial charge in [0.2, 0.25) is 0 Å². The van der Waals surface area contributed by atoms with E-state index in [0.29, 0.717) is 0 Å². The van der Waals surface area contributed by atoms with Crippen molar-refractivity contribution < 1.29 is 0 Å². The van der Waals surface area contributed by atoms with Crippen molar-refractivity contribution in [2.24, 2.45) is 0 Å². The van der Waals surface area contributed by atoms with Gasteiger partial charge in [0.25, 0.3) is 0 Å². The lowest BCUT2D eigenvalue weighted by atomic mass is 9.95. The van der Waals surface area contributed by atoms with Crippen molar-refractivity contribution in [2.75, 3.05) is 11.5 Å². The van der Waals surface area contributed by atoms with Gasteiger partial charge in [-0.15, -0.1) is 0 Å². The Bertz CT molecular complexity index is 532. The van der Waals surface area contributed by atoms with E-state index >= 15 is 0 Å². The topological polar surface area (TPSA) is 52.0 Å². The van der Waals surface area contributed by atoms with Crippen LogP contribution in [0.3, 0.4) is 0 Å². The number of hydrogen-bond donors (Lipinski definition) is 2. The van der Waals surface area contributed by atoms with Crippen LogP contribution in [-0.4, -0.2) is 0 Å². The maximum Gasteiger partial charge on any atom is 0.0349 e. The van der Waals surface area contributed by atoms with Crippen molar-refractivity contribution in [3.63, 3.8) is 0 Å². The van der Waals surface area contributed by atoms with Gasteiger partial charge in [0.05, 0.1) is 0 Å². The molecular weight excluding hydrogens is 220 g/mol. The molecule has 0 saturated carbocycles. The molecular formula is C16H20N2. The Morgan fingerprint density at radius 3 is 2.22 bits per heavy atom. The zero-order chi connectivity index (χ0) is 13.0. The molecule has 0 spiro atoms. The molecule has 18 heavy (non-hydrogen) atoms. The number of anilines is 2. The summed E-state index contributed by atoms with van der Waals surface area (Å²) >= 11 is 0. The van der Waals surface area contributed by atoms with Gasteiger partial charge < -0.3 is 11.5 Å². The molecule has 2 aromatic carbocycles. The minimum atomic E-state index is 0.849. The van der Waals surface area contributed by atoms with Crippen LogP contribution >= 0.6 is 0 Å². The Labute approximate surface area is 109 Å². The molecule has 0 aliphatic carbocycles. The summed E-state index contributed by atoms with van der Waals surface area (Å²) in [5.41, 5.74) is 17.5. The summed E-state index contributed by atoms with van der Waals surface area (Å²) in [6.07, 6.45) is 2.98. The summed E-state index contributed by atoms with van der Waals surface area (Å²) in [5.74, 6) is 0. The van der Waals surface area contributed by atoms with Gasteiger partial charge in [0, 0.05) is 11.4 Å². The highest BCUT2D eigenvalue weighted by Crippen LogP contribution is 2.23. The fourth-order valence-electron chi connectivity index (χ4n) is 2.28. The van der Waals surface area contributed by atoms with Crippen LogP contribution in [0, 0.1) is 0 Å². The maximum atomic E-state index is 6.07. The third kappa shape index (κ3) is 2.65. The fraction of sp³-hybridized carbons (Fsp3) is 0.250. The Morgan fingerprint density at radius 1 is 0.833 bits per heavy atom. The van der Waals surface area contributed by atoms with Gasteiger partial charge in [-0.1, -0.05) is 43.7 Å². The first-order chi connectivity index (χ1) is 8.72. The van der Waals surface area contributed by atoms with Crippen molar-refractivity contribution in [2.45, 2.75) is 26.2 Å². The molecule has 0 aliphatic heterocycles. The first-order valence-corrected chi connectivity index (χ1v) is 6.42. The molecule has 2 rings (SSSR count). The molecule has 2 nitrogen and oxygen atoms in total. The summed E-state index contributed by atoms with van der Waals surface area (Å²) in [6.45, 7) is 2.17. The largest absolute Gasteiger partial charge is 0.398 e. The highest BCUT2D eigenvalue weighted by molar-refractivity contribution is 5.55. The van der Waals surface area contributed by atoms with E-state index in [1.54, 1.807) is 0 Å². The summed E-state index contributed by atoms with van der Waals surface area (Å²) < 4.78 is 0. The van der Waals surface area contributed by atoms with Crippen molar-refractivity contribution in [1.82, 2.24) is 0 Å². The number of para-hydroxylation sites is 1. The highest BCUT2D eigenvalue weighted by atomic mass is 14.6. The summed E-state index contributed by atoms with van der Waals surface area (Å²) in [7, 11) is 0. The average Bonchev–Trinajstić information content (AvgIpc) is 2.36. The second-order valence-electron chi connectivity index (χ2n) is 4.61. The van der Waals surface area contributed by atoms with Crippen LogP contribution in [0.1, 0.15) is 30.0 Å². The molecule has 0 bridgehead atoms. The van der Waals surface area contributed by atoms with E-state index in [2.05, 4.69) is 19.1 Å². The van der Waals surface area contributed by atoms with E-state index in [4.69, 9.17) is 11.5 Å². The number of nitrogen functional groups attached to an aromatic ring is 2. The van der Waals surface area contributed by atoms with Crippen LogP contribution < -0.4 is 11.5 Å². The van der Waals surface area contributed by atoms with Crippen LogP contribution in [0.15, 0.2) is 42.5 Å². The minimum absolute atomic E-state index is 0.849. The van der Waals surface area contributed by atoms with Gasteiger partial charge in [0.15, 0.2) is 0 Å². The molecule has 0 radical (unpaired) electrons. The van der Waals surface area contributed by atoms with E-state index in [1.165, 1.54) is 16.7 Å². The predicted molar refractivity (Wildman–Crippen MR) is 78.5 cm³/mol. The summed E-state index contributed by atoms with van der Waals surface area (Å²) in [4.78, 5) is 0. The van der Waals surface area contributed by atoms with Gasteiger partial charge in [0.1, 0.15) is 0 Å². The zero-order valence-electron chi connectivity index (χ0n) is 10.8. The number of nitrogens with two attached hydrogens (primary N) is 2. The van der Waals surface area contributed by atoms with Gasteiger partial charge in [-0.05, 0) is 41.7 Å². The van der Waals surface area contributed by atoms with E-state index in [-0.39, 0.29) is 0 Å². The third-order valence-corrected chi connectivity index (χ3v) is 3.25.